The fourth-order valence-electron chi connectivity index (χ4n) is 2.97. The Hall–Kier alpha value is -4.42. The third kappa shape index (κ3) is 6.09. The van der Waals surface area contributed by atoms with E-state index in [0.29, 0.717) is 16.8 Å². The molecular formula is C24H17ClFN3O5. The summed E-state index contributed by atoms with van der Waals surface area (Å²) in [5.74, 6) is -0.592. The van der Waals surface area contributed by atoms with Crippen LogP contribution in [-0.4, -0.2) is 24.5 Å². The molecule has 0 spiro atoms. The highest BCUT2D eigenvalue weighted by Crippen LogP contribution is 2.37. The number of nitrogens with zero attached hydrogens (tertiary/aromatic N) is 2. The first kappa shape index (κ1) is 24.2. The van der Waals surface area contributed by atoms with E-state index >= 15 is 0 Å². The average Bonchev–Trinajstić information content (AvgIpc) is 2.83. The number of nitrogens with one attached hydrogen (secondary N) is 1. The number of carbonyl (C=O) groups excluding carboxylic acids is 1. The molecular weight excluding hydrogens is 465 g/mol. The van der Waals surface area contributed by atoms with Crippen LogP contribution in [0.2, 0.25) is 5.02 Å². The normalized spacial score (nSPS) is 10.8. The van der Waals surface area contributed by atoms with Gasteiger partial charge in [-0.25, -0.2) is 4.39 Å². The van der Waals surface area contributed by atoms with E-state index in [1.807, 2.05) is 6.07 Å². The summed E-state index contributed by atoms with van der Waals surface area (Å²) >= 11 is 6.33. The minimum atomic E-state index is -0.545. The Morgan fingerprint density at radius 1 is 1.24 bits per heavy atom. The summed E-state index contributed by atoms with van der Waals surface area (Å²) in [5.41, 5.74) is 1.28. The van der Waals surface area contributed by atoms with Gasteiger partial charge < -0.3 is 14.8 Å². The minimum Gasteiger partial charge on any atom is -0.493 e. The molecule has 8 nitrogen and oxygen atoms in total. The van der Waals surface area contributed by atoms with Crippen molar-refractivity contribution >= 4 is 40.5 Å². The van der Waals surface area contributed by atoms with E-state index in [4.69, 9.17) is 21.1 Å². The van der Waals surface area contributed by atoms with E-state index in [2.05, 4.69) is 5.32 Å². The molecule has 34 heavy (non-hydrogen) atoms. The number of hydrogen-bond acceptors (Lipinski definition) is 6. The van der Waals surface area contributed by atoms with Gasteiger partial charge in [0, 0.05) is 17.8 Å². The number of allylic oxidation sites excluding steroid dienone is 1. The zero-order valence-electron chi connectivity index (χ0n) is 17.7. The van der Waals surface area contributed by atoms with Crippen LogP contribution in [0.25, 0.3) is 11.6 Å². The van der Waals surface area contributed by atoms with Crippen LogP contribution in [-0.2, 0) is 4.79 Å². The number of halogens is 2. The van der Waals surface area contributed by atoms with Gasteiger partial charge in [-0.05, 0) is 53.6 Å². The first-order valence-corrected chi connectivity index (χ1v) is 10.1. The van der Waals surface area contributed by atoms with Crippen LogP contribution in [0.15, 0.2) is 60.7 Å². The second-order valence-corrected chi connectivity index (χ2v) is 7.26. The summed E-state index contributed by atoms with van der Waals surface area (Å²) in [6.07, 6.45) is 1.50. The molecule has 3 rings (SSSR count). The van der Waals surface area contributed by atoms with Crippen molar-refractivity contribution in [3.8, 4) is 17.6 Å². The van der Waals surface area contributed by atoms with Crippen molar-refractivity contribution in [2.24, 2.45) is 0 Å². The van der Waals surface area contributed by atoms with E-state index in [0.717, 1.165) is 0 Å². The maximum atomic E-state index is 13.0. The molecule has 0 aromatic heterocycles. The van der Waals surface area contributed by atoms with E-state index in [1.54, 1.807) is 12.1 Å². The summed E-state index contributed by atoms with van der Waals surface area (Å²) in [4.78, 5) is 22.6. The lowest BCUT2D eigenvalue weighted by atomic mass is 10.0. The van der Waals surface area contributed by atoms with Gasteiger partial charge in [0.15, 0.2) is 18.1 Å². The number of nitro groups is 1. The van der Waals surface area contributed by atoms with Crippen LogP contribution in [0.4, 0.5) is 15.8 Å². The van der Waals surface area contributed by atoms with Crippen LogP contribution >= 0.6 is 11.6 Å². The van der Waals surface area contributed by atoms with Gasteiger partial charge >= 0.3 is 0 Å². The van der Waals surface area contributed by atoms with Crippen molar-refractivity contribution in [1.29, 1.82) is 5.26 Å². The van der Waals surface area contributed by atoms with Gasteiger partial charge in [0.2, 0.25) is 0 Å². The largest absolute Gasteiger partial charge is 0.493 e. The van der Waals surface area contributed by atoms with Gasteiger partial charge in [0.25, 0.3) is 11.6 Å². The molecule has 0 saturated heterocycles. The number of benzene rings is 3. The minimum absolute atomic E-state index is 0.115. The highest BCUT2D eigenvalue weighted by Gasteiger charge is 2.15. The number of carbonyl (C=O) groups is 1. The van der Waals surface area contributed by atoms with Crippen LogP contribution in [0, 0.1) is 27.3 Å². The molecule has 10 heteroatoms. The molecule has 3 aromatic carbocycles. The molecule has 0 atom stereocenters. The number of nitriles is 1. The number of nitro benzene ring substituents is 1. The Bertz CT molecular complexity index is 1300. The molecule has 0 bridgehead atoms. The first-order chi connectivity index (χ1) is 16.3. The predicted octanol–water partition coefficient (Wildman–Crippen LogP) is 5.48. The Kier molecular flexibility index (Phi) is 7.79. The van der Waals surface area contributed by atoms with Crippen LogP contribution in [0.3, 0.4) is 0 Å². The highest BCUT2D eigenvalue weighted by molar-refractivity contribution is 6.32. The lowest BCUT2D eigenvalue weighted by Gasteiger charge is -2.13. The molecule has 0 aliphatic rings. The van der Waals surface area contributed by atoms with Crippen molar-refractivity contribution in [2.75, 3.05) is 19.0 Å². The van der Waals surface area contributed by atoms with E-state index in [-0.39, 0.29) is 34.4 Å². The Labute approximate surface area is 198 Å². The SMILES string of the molecule is COc1cc(/C=C(/C#N)c2cccc([N+](=O)[O-])c2)cc(Cl)c1OCC(=O)Nc1ccc(F)cc1. The molecule has 0 aliphatic carbocycles. The Balaban J connectivity index is 1.80. The molecule has 1 N–H and O–H groups in total. The zero-order chi connectivity index (χ0) is 24.7. The Morgan fingerprint density at radius 2 is 1.97 bits per heavy atom. The number of non-ortho nitro benzene ring substituents is 1. The van der Waals surface area contributed by atoms with Gasteiger partial charge in [0.05, 0.1) is 28.7 Å². The number of hydrogen-bond donors (Lipinski definition) is 1. The van der Waals surface area contributed by atoms with Crippen molar-refractivity contribution in [1.82, 2.24) is 0 Å². The van der Waals surface area contributed by atoms with Crippen molar-refractivity contribution < 1.29 is 23.6 Å². The monoisotopic (exact) mass is 481 g/mol. The van der Waals surface area contributed by atoms with Gasteiger partial charge in [-0.2, -0.15) is 5.26 Å². The first-order valence-electron chi connectivity index (χ1n) is 9.73. The molecule has 1 amide bonds. The topological polar surface area (TPSA) is 114 Å². The van der Waals surface area contributed by atoms with Crippen molar-refractivity contribution in [3.05, 3.63) is 92.7 Å². The summed E-state index contributed by atoms with van der Waals surface area (Å²) < 4.78 is 23.8. The fourth-order valence-corrected chi connectivity index (χ4v) is 3.24. The van der Waals surface area contributed by atoms with Crippen molar-refractivity contribution in [2.45, 2.75) is 0 Å². The van der Waals surface area contributed by atoms with Crippen LogP contribution in [0.5, 0.6) is 11.5 Å². The number of rotatable bonds is 8. The molecule has 0 heterocycles. The van der Waals surface area contributed by atoms with Crippen molar-refractivity contribution in [3.63, 3.8) is 0 Å². The number of methoxy groups -OCH3 is 1. The third-order valence-electron chi connectivity index (χ3n) is 4.53. The second kappa shape index (κ2) is 10.9. The quantitative estimate of drug-likeness (QED) is 0.197. The molecule has 0 aliphatic heterocycles. The van der Waals surface area contributed by atoms with Gasteiger partial charge in [0.1, 0.15) is 5.82 Å². The summed E-state index contributed by atoms with van der Waals surface area (Å²) in [7, 11) is 1.39. The molecule has 0 radical (unpaired) electrons. The maximum Gasteiger partial charge on any atom is 0.270 e. The molecule has 0 unspecified atom stereocenters. The Morgan fingerprint density at radius 3 is 2.62 bits per heavy atom. The fraction of sp³-hybridized carbons (Fsp3) is 0.0833. The lowest BCUT2D eigenvalue weighted by molar-refractivity contribution is -0.384. The van der Waals surface area contributed by atoms with E-state index < -0.39 is 16.6 Å². The predicted molar refractivity (Wildman–Crippen MR) is 125 cm³/mol. The molecule has 0 fully saturated rings. The summed E-state index contributed by atoms with van der Waals surface area (Å²) in [6.45, 7) is -0.389. The zero-order valence-corrected chi connectivity index (χ0v) is 18.5. The molecule has 0 saturated carbocycles. The van der Waals surface area contributed by atoms with Crippen LogP contribution < -0.4 is 14.8 Å². The lowest BCUT2D eigenvalue weighted by Crippen LogP contribution is -2.20. The number of ether oxygens (including phenoxy) is 2. The highest BCUT2D eigenvalue weighted by atomic mass is 35.5. The van der Waals surface area contributed by atoms with Gasteiger partial charge in [-0.3, -0.25) is 14.9 Å². The smallest absolute Gasteiger partial charge is 0.270 e. The van der Waals surface area contributed by atoms with E-state index in [9.17, 15) is 24.6 Å². The summed E-state index contributed by atoms with van der Waals surface area (Å²) in [6, 6.07) is 16.0. The van der Waals surface area contributed by atoms with Gasteiger partial charge in [-0.1, -0.05) is 23.7 Å². The number of anilines is 1. The van der Waals surface area contributed by atoms with Gasteiger partial charge in [-0.15, -0.1) is 0 Å². The van der Waals surface area contributed by atoms with E-state index in [1.165, 1.54) is 61.7 Å². The molecule has 172 valence electrons. The molecule has 3 aromatic rings. The average molecular weight is 482 g/mol. The maximum absolute atomic E-state index is 13.0. The number of amides is 1. The van der Waals surface area contributed by atoms with Crippen LogP contribution in [0.1, 0.15) is 11.1 Å². The standard InChI is InChI=1S/C24H17ClFN3O5/c1-33-22-11-15(9-17(13-27)16-3-2-4-20(12-16)29(31)32)10-21(25)24(22)34-14-23(30)28-19-7-5-18(26)6-8-19/h2-12H,14H2,1H3,(H,28,30)/b17-9-. The second-order valence-electron chi connectivity index (χ2n) is 6.86. The summed E-state index contributed by atoms with van der Waals surface area (Å²) in [5, 5.41) is 23.3. The third-order valence-corrected chi connectivity index (χ3v) is 4.81.